The number of aryl methyl sites for hydroxylation is 1. The number of tetrazole rings is 1. The highest BCUT2D eigenvalue weighted by Crippen LogP contribution is 2.32. The van der Waals surface area contributed by atoms with Crippen LogP contribution >= 0.6 is 0 Å². The minimum Gasteiger partial charge on any atom is -0.466 e. The Bertz CT molecular complexity index is 1140. The van der Waals surface area contributed by atoms with Crippen LogP contribution in [0, 0.1) is 11.6 Å². The highest BCUT2D eigenvalue weighted by atomic mass is 19.1. The van der Waals surface area contributed by atoms with E-state index < -0.39 is 29.8 Å². The molecule has 2 atom stereocenters. The van der Waals surface area contributed by atoms with Gasteiger partial charge in [0.25, 0.3) is 0 Å². The Morgan fingerprint density at radius 2 is 1.63 bits per heavy atom. The Hall–Kier alpha value is -3.76. The molecular formula is C25H26F2N4O4. The van der Waals surface area contributed by atoms with E-state index in [4.69, 9.17) is 4.74 Å². The van der Waals surface area contributed by atoms with Crippen LogP contribution in [-0.4, -0.2) is 55.2 Å². The van der Waals surface area contributed by atoms with E-state index in [1.807, 2.05) is 0 Å². The third-order valence-electron chi connectivity index (χ3n) is 5.10. The first-order chi connectivity index (χ1) is 16.8. The molecular weight excluding hydrogens is 458 g/mol. The Morgan fingerprint density at radius 1 is 1.06 bits per heavy atom. The average Bonchev–Trinajstić information content (AvgIpc) is 3.24. The number of hydrogen-bond donors (Lipinski definition) is 2. The van der Waals surface area contributed by atoms with Crippen molar-refractivity contribution in [3.63, 3.8) is 0 Å². The summed E-state index contributed by atoms with van der Waals surface area (Å²) in [5.41, 5.74) is 2.25. The van der Waals surface area contributed by atoms with E-state index in [9.17, 15) is 23.8 Å². The van der Waals surface area contributed by atoms with E-state index in [1.165, 1.54) is 35.0 Å². The van der Waals surface area contributed by atoms with E-state index in [2.05, 4.69) is 15.5 Å². The maximum atomic E-state index is 13.7. The van der Waals surface area contributed by atoms with Crippen molar-refractivity contribution in [1.29, 1.82) is 0 Å². The molecule has 0 saturated carbocycles. The number of ether oxygens (including phenoxy) is 1. The number of benzene rings is 2. The van der Waals surface area contributed by atoms with Crippen molar-refractivity contribution in [3.05, 3.63) is 89.3 Å². The van der Waals surface area contributed by atoms with Crippen LogP contribution in [0.5, 0.6) is 0 Å². The molecule has 0 saturated heterocycles. The van der Waals surface area contributed by atoms with Crippen molar-refractivity contribution in [3.8, 4) is 0 Å². The van der Waals surface area contributed by atoms with Crippen molar-refractivity contribution >= 4 is 17.1 Å². The van der Waals surface area contributed by atoms with Crippen LogP contribution in [0.15, 0.2) is 60.7 Å². The van der Waals surface area contributed by atoms with Crippen LogP contribution < -0.4 is 0 Å². The number of aromatic nitrogens is 4. The van der Waals surface area contributed by atoms with Crippen molar-refractivity contribution < 1.29 is 28.5 Å². The van der Waals surface area contributed by atoms with Gasteiger partial charge in [0.1, 0.15) is 11.6 Å². The number of esters is 1. The van der Waals surface area contributed by atoms with Crippen molar-refractivity contribution in [1.82, 2.24) is 20.2 Å². The second-order valence-corrected chi connectivity index (χ2v) is 7.75. The molecule has 1 heterocycles. The third kappa shape index (κ3) is 7.11. The van der Waals surface area contributed by atoms with Gasteiger partial charge in [-0.1, -0.05) is 36.4 Å². The predicted octanol–water partition coefficient (Wildman–Crippen LogP) is 3.07. The molecule has 8 nitrogen and oxygen atoms in total. The fraction of sp³-hybridized carbons (Fsp3) is 0.280. The van der Waals surface area contributed by atoms with Gasteiger partial charge in [-0.25, -0.2) is 13.5 Å². The van der Waals surface area contributed by atoms with Crippen molar-refractivity contribution in [2.24, 2.45) is 7.05 Å². The highest BCUT2D eigenvalue weighted by molar-refractivity contribution is 6.00. The van der Waals surface area contributed by atoms with Gasteiger partial charge in [-0.15, -0.1) is 5.10 Å². The summed E-state index contributed by atoms with van der Waals surface area (Å²) in [5.74, 6) is -1.06. The second-order valence-electron chi connectivity index (χ2n) is 7.75. The van der Waals surface area contributed by atoms with Gasteiger partial charge in [-0.2, -0.15) is 0 Å². The summed E-state index contributed by atoms with van der Waals surface area (Å²) >= 11 is 0. The van der Waals surface area contributed by atoms with Gasteiger partial charge in [0.2, 0.25) is 0 Å². The summed E-state index contributed by atoms with van der Waals surface area (Å²) in [7, 11) is 1.63. The molecule has 184 valence electrons. The van der Waals surface area contributed by atoms with E-state index in [0.717, 1.165) is 0 Å². The van der Waals surface area contributed by atoms with Gasteiger partial charge in [-0.05, 0) is 58.3 Å². The molecule has 10 heteroatoms. The molecule has 1 aromatic heterocycles. The van der Waals surface area contributed by atoms with Crippen molar-refractivity contribution in [2.75, 3.05) is 6.61 Å². The number of carbonyl (C=O) groups excluding carboxylic acids is 1. The quantitative estimate of drug-likeness (QED) is 0.336. The molecule has 3 rings (SSSR count). The number of halogens is 2. The zero-order valence-corrected chi connectivity index (χ0v) is 19.3. The number of hydrogen-bond acceptors (Lipinski definition) is 7. The Balaban J connectivity index is 2.05. The van der Waals surface area contributed by atoms with Crippen LogP contribution in [0.2, 0.25) is 0 Å². The number of allylic oxidation sites excluding steroid dienone is 2. The van der Waals surface area contributed by atoms with E-state index in [1.54, 1.807) is 44.3 Å². The summed E-state index contributed by atoms with van der Waals surface area (Å²) in [6, 6.07) is 11.5. The van der Waals surface area contributed by atoms with Gasteiger partial charge in [0.15, 0.2) is 5.82 Å². The summed E-state index contributed by atoms with van der Waals surface area (Å²) in [5, 5.41) is 32.2. The molecule has 0 bridgehead atoms. The summed E-state index contributed by atoms with van der Waals surface area (Å²) in [6.07, 6.45) is 0.443. The van der Waals surface area contributed by atoms with E-state index in [-0.39, 0.29) is 19.4 Å². The first-order valence-corrected chi connectivity index (χ1v) is 11.0. The number of aliphatic hydroxyl groups excluding tert-OH is 2. The average molecular weight is 485 g/mol. The van der Waals surface area contributed by atoms with E-state index >= 15 is 0 Å². The number of rotatable bonds is 10. The normalized spacial score (nSPS) is 13.0. The fourth-order valence-corrected chi connectivity index (χ4v) is 3.50. The first kappa shape index (κ1) is 25.9. The lowest BCUT2D eigenvalue weighted by Gasteiger charge is -2.15. The number of nitrogens with zero attached hydrogens (tertiary/aromatic N) is 4. The molecule has 35 heavy (non-hydrogen) atoms. The molecule has 0 aliphatic heterocycles. The minimum atomic E-state index is -1.11. The van der Waals surface area contributed by atoms with E-state index in [0.29, 0.717) is 28.1 Å². The Kier molecular flexibility index (Phi) is 8.93. The molecule has 3 aromatic rings. The first-order valence-electron chi connectivity index (χ1n) is 11.0. The summed E-state index contributed by atoms with van der Waals surface area (Å²) in [4.78, 5) is 11.6. The Labute approximate surface area is 201 Å². The zero-order valence-electron chi connectivity index (χ0n) is 19.3. The third-order valence-corrected chi connectivity index (χ3v) is 5.10. The molecule has 0 aliphatic carbocycles. The summed E-state index contributed by atoms with van der Waals surface area (Å²) < 4.78 is 33.5. The predicted molar refractivity (Wildman–Crippen MR) is 125 cm³/mol. The molecule has 0 spiro atoms. The highest BCUT2D eigenvalue weighted by Gasteiger charge is 2.19. The fourth-order valence-electron chi connectivity index (χ4n) is 3.50. The molecule has 2 N–H and O–H groups in total. The summed E-state index contributed by atoms with van der Waals surface area (Å²) in [6.45, 7) is 1.86. The van der Waals surface area contributed by atoms with Gasteiger partial charge < -0.3 is 14.9 Å². The number of carbonyl (C=O) groups is 1. The smallest absolute Gasteiger partial charge is 0.308 e. The molecule has 2 unspecified atom stereocenters. The van der Waals surface area contributed by atoms with Crippen LogP contribution in [-0.2, 0) is 16.6 Å². The maximum absolute atomic E-state index is 13.7. The number of aliphatic hydroxyl groups is 2. The Morgan fingerprint density at radius 3 is 2.11 bits per heavy atom. The van der Waals surface area contributed by atoms with Gasteiger partial charge in [-0.3, -0.25) is 4.79 Å². The monoisotopic (exact) mass is 484 g/mol. The molecule has 0 amide bonds. The topological polar surface area (TPSA) is 110 Å². The van der Waals surface area contributed by atoms with Gasteiger partial charge in [0, 0.05) is 19.0 Å². The zero-order chi connectivity index (χ0) is 25.4. The van der Waals surface area contributed by atoms with Crippen molar-refractivity contribution in [2.45, 2.75) is 32.0 Å². The lowest BCUT2D eigenvalue weighted by atomic mass is 9.91. The van der Waals surface area contributed by atoms with Crippen LogP contribution in [0.1, 0.15) is 36.7 Å². The van der Waals surface area contributed by atoms with Gasteiger partial charge in [0.05, 0.1) is 25.2 Å². The maximum Gasteiger partial charge on any atom is 0.308 e. The lowest BCUT2D eigenvalue weighted by molar-refractivity contribution is -0.145. The van der Waals surface area contributed by atoms with Crippen LogP contribution in [0.25, 0.3) is 11.1 Å². The molecule has 2 aromatic carbocycles. The largest absolute Gasteiger partial charge is 0.466 e. The standard InChI is InChI=1S/C25H26F2N4O4/c1-3-35-23(34)15-21(33)14-20(32)12-13-22(25-28-29-30-31(25)2)24(16-4-8-18(26)9-5-16)17-6-10-19(27)11-7-17/h4-13,20-21,32-33H,3,14-15H2,1-2H3. The lowest BCUT2D eigenvalue weighted by Crippen LogP contribution is -2.20. The molecule has 0 radical (unpaired) electrons. The minimum absolute atomic E-state index is 0.109. The van der Waals surface area contributed by atoms with Crippen LogP contribution in [0.3, 0.4) is 0 Å². The molecule has 0 fully saturated rings. The van der Waals surface area contributed by atoms with Gasteiger partial charge >= 0.3 is 5.97 Å². The SMILES string of the molecule is CCOC(=O)CC(O)CC(O)C=CC(=C(c1ccc(F)cc1)c1ccc(F)cc1)c1nnnn1C. The molecule has 0 aliphatic rings. The van der Waals surface area contributed by atoms with Crippen LogP contribution in [0.4, 0.5) is 8.78 Å². The second kappa shape index (κ2) is 12.1.